The lowest BCUT2D eigenvalue weighted by Crippen LogP contribution is -2.31. The Kier molecular flexibility index (Phi) is 8.27. The second-order valence-electron chi connectivity index (χ2n) is 5.06. The highest BCUT2D eigenvalue weighted by molar-refractivity contribution is 7.09. The molecular formula is C15H28N2S. The molecule has 0 aromatic carbocycles. The van der Waals surface area contributed by atoms with Crippen molar-refractivity contribution in [1.29, 1.82) is 0 Å². The van der Waals surface area contributed by atoms with Crippen LogP contribution in [-0.2, 0) is 6.42 Å². The summed E-state index contributed by atoms with van der Waals surface area (Å²) in [7, 11) is 0. The van der Waals surface area contributed by atoms with Crippen LogP contribution in [-0.4, -0.2) is 17.6 Å². The number of thiazole rings is 1. The van der Waals surface area contributed by atoms with E-state index >= 15 is 0 Å². The molecule has 0 amide bonds. The zero-order chi connectivity index (χ0) is 13.2. The van der Waals surface area contributed by atoms with Crippen LogP contribution in [0, 0.1) is 6.92 Å². The molecule has 0 aliphatic rings. The lowest BCUT2D eigenvalue weighted by molar-refractivity contribution is 0.450. The van der Waals surface area contributed by atoms with Gasteiger partial charge in [0.05, 0.1) is 10.7 Å². The van der Waals surface area contributed by atoms with Gasteiger partial charge in [0.15, 0.2) is 0 Å². The third-order valence-electron chi connectivity index (χ3n) is 3.21. The fourth-order valence-corrected chi connectivity index (χ4v) is 2.82. The van der Waals surface area contributed by atoms with Gasteiger partial charge in [0.25, 0.3) is 0 Å². The van der Waals surface area contributed by atoms with Gasteiger partial charge in [-0.05, 0) is 26.3 Å². The Morgan fingerprint density at radius 3 is 2.67 bits per heavy atom. The number of unbranched alkanes of at least 4 members (excludes halogenated alkanes) is 3. The summed E-state index contributed by atoms with van der Waals surface area (Å²) < 4.78 is 0. The zero-order valence-corrected chi connectivity index (χ0v) is 13.0. The molecule has 3 heteroatoms. The predicted octanol–water partition coefficient (Wildman–Crippen LogP) is 4.33. The molecule has 0 bridgehead atoms. The first-order valence-electron chi connectivity index (χ1n) is 7.40. The Labute approximate surface area is 116 Å². The van der Waals surface area contributed by atoms with Crippen molar-refractivity contribution in [2.75, 3.05) is 6.54 Å². The highest BCUT2D eigenvalue weighted by atomic mass is 32.1. The van der Waals surface area contributed by atoms with E-state index in [2.05, 4.69) is 36.5 Å². The largest absolute Gasteiger partial charge is 0.314 e. The van der Waals surface area contributed by atoms with Crippen LogP contribution in [0.3, 0.4) is 0 Å². The summed E-state index contributed by atoms with van der Waals surface area (Å²) in [5, 5.41) is 7.06. The van der Waals surface area contributed by atoms with Gasteiger partial charge >= 0.3 is 0 Å². The summed E-state index contributed by atoms with van der Waals surface area (Å²) in [5.41, 5.74) is 1.27. The number of rotatable bonds is 10. The lowest BCUT2D eigenvalue weighted by atomic mass is 10.0. The minimum Gasteiger partial charge on any atom is -0.314 e. The van der Waals surface area contributed by atoms with Crippen molar-refractivity contribution in [2.45, 2.75) is 71.8 Å². The SMILES string of the molecule is CCCCCCC(Cc1csc(C)n1)NCCC. The monoisotopic (exact) mass is 268 g/mol. The fourth-order valence-electron chi connectivity index (χ4n) is 2.20. The maximum atomic E-state index is 4.58. The first kappa shape index (κ1) is 15.6. The number of hydrogen-bond acceptors (Lipinski definition) is 3. The molecule has 1 unspecified atom stereocenters. The maximum Gasteiger partial charge on any atom is 0.0897 e. The molecule has 0 saturated heterocycles. The molecule has 18 heavy (non-hydrogen) atoms. The van der Waals surface area contributed by atoms with Crippen molar-refractivity contribution >= 4 is 11.3 Å². The summed E-state index contributed by atoms with van der Waals surface area (Å²) in [6, 6.07) is 0.614. The van der Waals surface area contributed by atoms with E-state index in [0.717, 1.165) is 13.0 Å². The number of hydrogen-bond donors (Lipinski definition) is 1. The molecule has 0 fully saturated rings. The van der Waals surface area contributed by atoms with Gasteiger partial charge in [0.1, 0.15) is 0 Å². The van der Waals surface area contributed by atoms with Crippen LogP contribution in [0.1, 0.15) is 63.1 Å². The smallest absolute Gasteiger partial charge is 0.0897 e. The molecule has 0 aliphatic carbocycles. The summed E-state index contributed by atoms with van der Waals surface area (Å²) >= 11 is 1.76. The third kappa shape index (κ3) is 6.50. The number of nitrogens with zero attached hydrogens (tertiary/aromatic N) is 1. The van der Waals surface area contributed by atoms with E-state index in [9.17, 15) is 0 Å². The molecule has 1 N–H and O–H groups in total. The van der Waals surface area contributed by atoms with Gasteiger partial charge in [-0.3, -0.25) is 0 Å². The van der Waals surface area contributed by atoms with E-state index in [4.69, 9.17) is 0 Å². The quantitative estimate of drug-likeness (QED) is 0.639. The minimum absolute atomic E-state index is 0.614. The number of aryl methyl sites for hydroxylation is 1. The van der Waals surface area contributed by atoms with Crippen molar-refractivity contribution in [3.63, 3.8) is 0 Å². The van der Waals surface area contributed by atoms with Crippen molar-refractivity contribution in [3.8, 4) is 0 Å². The van der Waals surface area contributed by atoms with Crippen LogP contribution in [0.4, 0.5) is 0 Å². The topological polar surface area (TPSA) is 24.9 Å². The van der Waals surface area contributed by atoms with Gasteiger partial charge < -0.3 is 5.32 Å². The maximum absolute atomic E-state index is 4.58. The second kappa shape index (κ2) is 9.51. The van der Waals surface area contributed by atoms with Gasteiger partial charge in [-0.15, -0.1) is 11.3 Å². The summed E-state index contributed by atoms with van der Waals surface area (Å²) in [5.74, 6) is 0. The van der Waals surface area contributed by atoms with Crippen LogP contribution in [0.15, 0.2) is 5.38 Å². The Hall–Kier alpha value is -0.410. The van der Waals surface area contributed by atoms with Crippen LogP contribution < -0.4 is 5.32 Å². The van der Waals surface area contributed by atoms with Crippen LogP contribution in [0.25, 0.3) is 0 Å². The Morgan fingerprint density at radius 2 is 2.06 bits per heavy atom. The van der Waals surface area contributed by atoms with Gasteiger partial charge in [-0.25, -0.2) is 4.98 Å². The molecule has 0 aliphatic heterocycles. The number of aromatic nitrogens is 1. The summed E-state index contributed by atoms with van der Waals surface area (Å²) in [6.45, 7) is 7.71. The van der Waals surface area contributed by atoms with Crippen LogP contribution in [0.5, 0.6) is 0 Å². The van der Waals surface area contributed by atoms with Crippen LogP contribution >= 0.6 is 11.3 Å². The highest BCUT2D eigenvalue weighted by Crippen LogP contribution is 2.13. The Morgan fingerprint density at radius 1 is 1.22 bits per heavy atom. The molecule has 2 nitrogen and oxygen atoms in total. The zero-order valence-electron chi connectivity index (χ0n) is 12.2. The third-order valence-corrected chi connectivity index (χ3v) is 4.03. The summed E-state index contributed by atoms with van der Waals surface area (Å²) in [4.78, 5) is 4.58. The van der Waals surface area contributed by atoms with Gasteiger partial charge in [0, 0.05) is 17.8 Å². The average Bonchev–Trinajstić information content (AvgIpc) is 2.77. The summed E-state index contributed by atoms with van der Waals surface area (Å²) in [6.07, 6.45) is 9.00. The second-order valence-corrected chi connectivity index (χ2v) is 6.12. The van der Waals surface area contributed by atoms with Crippen molar-refractivity contribution < 1.29 is 0 Å². The molecule has 1 aromatic heterocycles. The predicted molar refractivity (Wildman–Crippen MR) is 81.4 cm³/mol. The number of nitrogens with one attached hydrogen (secondary N) is 1. The first-order valence-corrected chi connectivity index (χ1v) is 8.28. The van der Waals surface area contributed by atoms with E-state index in [1.54, 1.807) is 11.3 Å². The molecular weight excluding hydrogens is 240 g/mol. The van der Waals surface area contributed by atoms with Gasteiger partial charge in [-0.1, -0.05) is 39.5 Å². The molecule has 1 heterocycles. The normalized spacial score (nSPS) is 12.8. The molecule has 1 aromatic rings. The molecule has 1 rings (SSSR count). The van der Waals surface area contributed by atoms with E-state index < -0.39 is 0 Å². The fraction of sp³-hybridized carbons (Fsp3) is 0.800. The van der Waals surface area contributed by atoms with E-state index in [0.29, 0.717) is 6.04 Å². The van der Waals surface area contributed by atoms with Gasteiger partial charge in [-0.2, -0.15) is 0 Å². The van der Waals surface area contributed by atoms with Gasteiger partial charge in [0.2, 0.25) is 0 Å². The van der Waals surface area contributed by atoms with E-state index in [1.165, 1.54) is 49.2 Å². The Bertz CT molecular complexity index is 309. The van der Waals surface area contributed by atoms with E-state index in [1.807, 2.05) is 0 Å². The van der Waals surface area contributed by atoms with Crippen molar-refractivity contribution in [3.05, 3.63) is 16.1 Å². The molecule has 0 spiro atoms. The molecule has 104 valence electrons. The molecule has 0 saturated carbocycles. The van der Waals surface area contributed by atoms with E-state index in [-0.39, 0.29) is 0 Å². The van der Waals surface area contributed by atoms with Crippen molar-refractivity contribution in [1.82, 2.24) is 10.3 Å². The highest BCUT2D eigenvalue weighted by Gasteiger charge is 2.10. The van der Waals surface area contributed by atoms with Crippen LogP contribution in [0.2, 0.25) is 0 Å². The minimum atomic E-state index is 0.614. The molecule has 1 atom stereocenters. The lowest BCUT2D eigenvalue weighted by Gasteiger charge is -2.17. The standard InChI is InChI=1S/C15H28N2S/c1-4-6-7-8-9-14(16-10-5-2)11-15-12-18-13(3)17-15/h12,14,16H,4-11H2,1-3H3. The first-order chi connectivity index (χ1) is 8.76. The Balaban J connectivity index is 2.34. The molecule has 0 radical (unpaired) electrons. The van der Waals surface area contributed by atoms with Crippen molar-refractivity contribution in [2.24, 2.45) is 0 Å². The average molecular weight is 268 g/mol.